The number of nitrogens with zero attached hydrogens (tertiary/aromatic N) is 4. The zero-order chi connectivity index (χ0) is 24.8. The maximum atomic E-state index is 14.1. The molecule has 0 aliphatic carbocycles. The second kappa shape index (κ2) is 10.7. The summed E-state index contributed by atoms with van der Waals surface area (Å²) in [6.45, 7) is 7.76. The first kappa shape index (κ1) is 24.3. The van der Waals surface area contributed by atoms with Crippen molar-refractivity contribution < 1.29 is 18.3 Å². The summed E-state index contributed by atoms with van der Waals surface area (Å²) in [6.07, 6.45) is 6.64. The van der Waals surface area contributed by atoms with E-state index in [2.05, 4.69) is 28.8 Å². The van der Waals surface area contributed by atoms with E-state index in [9.17, 15) is 8.78 Å². The molecule has 0 fully saturated rings. The Labute approximate surface area is 203 Å². The highest BCUT2D eigenvalue weighted by molar-refractivity contribution is 5.56. The summed E-state index contributed by atoms with van der Waals surface area (Å²) in [5.41, 5.74) is 3.37. The highest BCUT2D eigenvalue weighted by Crippen LogP contribution is 2.30. The first-order chi connectivity index (χ1) is 16.9. The summed E-state index contributed by atoms with van der Waals surface area (Å²) >= 11 is 0. The second-order valence-electron chi connectivity index (χ2n) is 7.96. The fraction of sp³-hybridized carbons (Fsp3) is 0.259. The number of pyridine rings is 1. The molecule has 35 heavy (non-hydrogen) atoms. The third-order valence-electron chi connectivity index (χ3n) is 5.65. The Morgan fingerprint density at radius 1 is 1.03 bits per heavy atom. The Hall–Kier alpha value is -3.78. The lowest BCUT2D eigenvalue weighted by atomic mass is 10.2. The topological polar surface area (TPSA) is 52.4 Å². The van der Waals surface area contributed by atoms with Crippen LogP contribution < -0.4 is 4.90 Å². The molecule has 0 N–H and O–H groups in total. The van der Waals surface area contributed by atoms with Gasteiger partial charge in [0, 0.05) is 30.5 Å². The van der Waals surface area contributed by atoms with Gasteiger partial charge < -0.3 is 9.64 Å². The standard InChI is InChI=1S/C27H28F2N4O2/c1-4-32(5-2)26-16-12-21(18-30-26)11-14-24-17-25(35-27(28,29)34-24)15-13-22-19-31-33(20(22)3)23-9-7-6-8-10-23/h6-19,24H,4-5H2,1-3H3/b14-11+,15-13+. The minimum Gasteiger partial charge on any atom is -0.410 e. The van der Waals surface area contributed by atoms with E-state index in [0.717, 1.165) is 41.4 Å². The maximum absolute atomic E-state index is 14.1. The largest absolute Gasteiger partial charge is 0.536 e. The molecule has 3 heterocycles. The second-order valence-corrected chi connectivity index (χ2v) is 7.96. The molecule has 0 amide bonds. The Balaban J connectivity index is 1.49. The lowest BCUT2D eigenvalue weighted by molar-refractivity contribution is -0.389. The van der Waals surface area contributed by atoms with Crippen molar-refractivity contribution in [1.82, 2.24) is 14.8 Å². The number of allylic oxidation sites excluding steroid dienone is 1. The molecule has 6 nitrogen and oxygen atoms in total. The highest BCUT2D eigenvalue weighted by Gasteiger charge is 2.40. The molecule has 0 bridgehead atoms. The van der Waals surface area contributed by atoms with E-state index in [1.165, 1.54) is 12.2 Å². The monoisotopic (exact) mass is 478 g/mol. The average Bonchev–Trinajstić information content (AvgIpc) is 3.23. The zero-order valence-corrected chi connectivity index (χ0v) is 19.9. The normalized spacial score (nSPS) is 17.5. The first-order valence-corrected chi connectivity index (χ1v) is 11.5. The number of benzene rings is 1. The molecule has 1 aliphatic rings. The van der Waals surface area contributed by atoms with Crippen molar-refractivity contribution >= 4 is 18.0 Å². The first-order valence-electron chi connectivity index (χ1n) is 11.5. The van der Waals surface area contributed by atoms with E-state index in [0.29, 0.717) is 0 Å². The van der Waals surface area contributed by atoms with Gasteiger partial charge in [0.05, 0.1) is 11.9 Å². The highest BCUT2D eigenvalue weighted by atomic mass is 19.3. The van der Waals surface area contributed by atoms with Crippen LogP contribution in [0, 0.1) is 6.92 Å². The van der Waals surface area contributed by atoms with E-state index < -0.39 is 12.4 Å². The van der Waals surface area contributed by atoms with E-state index in [-0.39, 0.29) is 5.76 Å². The lowest BCUT2D eigenvalue weighted by Gasteiger charge is -2.26. The third-order valence-corrected chi connectivity index (χ3v) is 5.65. The van der Waals surface area contributed by atoms with Crippen LogP contribution in [-0.4, -0.2) is 40.3 Å². The third kappa shape index (κ3) is 6.02. The number of halogens is 2. The lowest BCUT2D eigenvalue weighted by Crippen LogP contribution is -2.33. The van der Waals surface area contributed by atoms with Gasteiger partial charge in [0.2, 0.25) is 0 Å². The molecule has 0 saturated carbocycles. The Morgan fingerprint density at radius 2 is 1.80 bits per heavy atom. The van der Waals surface area contributed by atoms with Crippen LogP contribution in [0.25, 0.3) is 17.8 Å². The predicted octanol–water partition coefficient (Wildman–Crippen LogP) is 6.00. The van der Waals surface area contributed by atoms with E-state index >= 15 is 0 Å². The fourth-order valence-electron chi connectivity index (χ4n) is 3.76. The molecule has 0 spiro atoms. The van der Waals surface area contributed by atoms with Gasteiger partial charge in [-0.05, 0) is 68.8 Å². The molecule has 3 aromatic rings. The van der Waals surface area contributed by atoms with Gasteiger partial charge in [-0.15, -0.1) is 8.78 Å². The van der Waals surface area contributed by atoms with Crippen LogP contribution in [0.15, 0.2) is 78.8 Å². The van der Waals surface area contributed by atoms with Gasteiger partial charge >= 0.3 is 6.29 Å². The Kier molecular flexibility index (Phi) is 7.41. The maximum Gasteiger partial charge on any atom is 0.536 e. The molecule has 1 aromatic carbocycles. The van der Waals surface area contributed by atoms with Gasteiger partial charge in [0.25, 0.3) is 0 Å². The van der Waals surface area contributed by atoms with Crippen molar-refractivity contribution in [1.29, 1.82) is 0 Å². The summed E-state index contributed by atoms with van der Waals surface area (Å²) in [6, 6.07) is 13.5. The number of aromatic nitrogens is 3. The summed E-state index contributed by atoms with van der Waals surface area (Å²) in [7, 11) is 0. The molecule has 1 aliphatic heterocycles. The minimum atomic E-state index is -3.74. The quantitative estimate of drug-likeness (QED) is 0.398. The van der Waals surface area contributed by atoms with E-state index in [4.69, 9.17) is 9.47 Å². The predicted molar refractivity (Wildman–Crippen MR) is 133 cm³/mol. The van der Waals surface area contributed by atoms with Crippen LogP contribution >= 0.6 is 0 Å². The van der Waals surface area contributed by atoms with Crippen LogP contribution in [0.5, 0.6) is 0 Å². The molecule has 0 radical (unpaired) electrons. The molecule has 0 saturated heterocycles. The molecule has 182 valence electrons. The molecule has 1 atom stereocenters. The van der Waals surface area contributed by atoms with Crippen molar-refractivity contribution in [3.05, 3.63) is 95.7 Å². The summed E-state index contributed by atoms with van der Waals surface area (Å²) < 4.78 is 39.5. The number of anilines is 1. The smallest absolute Gasteiger partial charge is 0.410 e. The van der Waals surface area contributed by atoms with Crippen molar-refractivity contribution in [3.8, 4) is 5.69 Å². The number of para-hydroxylation sites is 1. The summed E-state index contributed by atoms with van der Waals surface area (Å²) in [5.74, 6) is 0.886. The van der Waals surface area contributed by atoms with Gasteiger partial charge in [-0.3, -0.25) is 4.74 Å². The van der Waals surface area contributed by atoms with Crippen molar-refractivity contribution in [2.75, 3.05) is 18.0 Å². The Bertz CT molecular complexity index is 1210. The average molecular weight is 479 g/mol. The minimum absolute atomic E-state index is 0.0118. The molecule has 8 heteroatoms. The molecule has 4 rings (SSSR count). The number of hydrogen-bond acceptors (Lipinski definition) is 5. The summed E-state index contributed by atoms with van der Waals surface area (Å²) in [4.78, 5) is 6.58. The molecular weight excluding hydrogens is 450 g/mol. The number of hydrogen-bond donors (Lipinski definition) is 0. The Morgan fingerprint density at radius 3 is 2.49 bits per heavy atom. The van der Waals surface area contributed by atoms with Gasteiger partial charge in [-0.25, -0.2) is 9.67 Å². The molecule has 2 aromatic heterocycles. The van der Waals surface area contributed by atoms with E-state index in [1.807, 2.05) is 49.4 Å². The summed E-state index contributed by atoms with van der Waals surface area (Å²) in [5, 5.41) is 4.40. The van der Waals surface area contributed by atoms with Crippen LogP contribution in [0.2, 0.25) is 0 Å². The molecule has 1 unspecified atom stereocenters. The SMILES string of the molecule is CCN(CC)c1ccc(/C=C/C2C=C(/C=C/c3cnn(-c4ccccc4)c3C)OC(F)(F)O2)cn1. The van der Waals surface area contributed by atoms with Crippen molar-refractivity contribution in [2.45, 2.75) is 33.2 Å². The molecular formula is C27H28F2N4O2. The van der Waals surface area contributed by atoms with Gasteiger partial charge in [-0.2, -0.15) is 5.10 Å². The number of alkyl halides is 2. The van der Waals surface area contributed by atoms with Crippen LogP contribution in [0.3, 0.4) is 0 Å². The van der Waals surface area contributed by atoms with Crippen LogP contribution in [-0.2, 0) is 9.47 Å². The van der Waals surface area contributed by atoms with Gasteiger partial charge in [-0.1, -0.05) is 30.4 Å². The fourth-order valence-corrected chi connectivity index (χ4v) is 3.76. The van der Waals surface area contributed by atoms with Crippen molar-refractivity contribution in [3.63, 3.8) is 0 Å². The number of rotatable bonds is 8. The van der Waals surface area contributed by atoms with E-state index in [1.54, 1.807) is 35.3 Å². The van der Waals surface area contributed by atoms with Crippen LogP contribution in [0.4, 0.5) is 14.6 Å². The zero-order valence-electron chi connectivity index (χ0n) is 19.9. The number of ether oxygens (including phenoxy) is 2. The van der Waals surface area contributed by atoms with Gasteiger partial charge in [0.1, 0.15) is 17.7 Å². The van der Waals surface area contributed by atoms with Crippen LogP contribution in [0.1, 0.15) is 30.7 Å². The van der Waals surface area contributed by atoms with Gasteiger partial charge in [0.15, 0.2) is 0 Å². The van der Waals surface area contributed by atoms with Crippen molar-refractivity contribution in [2.24, 2.45) is 0 Å².